The van der Waals surface area contributed by atoms with Gasteiger partial charge in [0.05, 0.1) is 12.2 Å². The zero-order chi connectivity index (χ0) is 12.6. The van der Waals surface area contributed by atoms with Gasteiger partial charge in [-0.25, -0.2) is 9.59 Å². The Bertz CT molecular complexity index is 481. The zero-order valence-corrected chi connectivity index (χ0v) is 10.3. The van der Waals surface area contributed by atoms with Gasteiger partial charge in [-0.15, -0.1) is 0 Å². The number of aromatic amines is 2. The van der Waals surface area contributed by atoms with Gasteiger partial charge < -0.3 is 19.6 Å². The van der Waals surface area contributed by atoms with Crippen LogP contribution in [0.3, 0.4) is 0 Å². The second-order valence-electron chi connectivity index (χ2n) is 5.19. The average Bonchev–Trinajstić information content (AvgIpc) is 2.53. The molecule has 1 aliphatic rings. The van der Waals surface area contributed by atoms with E-state index in [1.54, 1.807) is 4.90 Å². The maximum Gasteiger partial charge on any atom is 0.410 e. The van der Waals surface area contributed by atoms with Crippen LogP contribution in [-0.4, -0.2) is 33.1 Å². The number of H-pyrrole nitrogens is 2. The number of rotatable bonds is 0. The summed E-state index contributed by atoms with van der Waals surface area (Å²) in [5, 5.41) is 0. The van der Waals surface area contributed by atoms with Crippen LogP contribution < -0.4 is 5.69 Å². The van der Waals surface area contributed by atoms with Gasteiger partial charge >= 0.3 is 11.8 Å². The summed E-state index contributed by atoms with van der Waals surface area (Å²) in [7, 11) is 0. The summed E-state index contributed by atoms with van der Waals surface area (Å²) in [6, 6.07) is 0. The Hall–Kier alpha value is -1.72. The van der Waals surface area contributed by atoms with Crippen molar-refractivity contribution in [2.75, 3.05) is 6.54 Å². The fraction of sp³-hybridized carbons (Fsp3) is 0.636. The van der Waals surface area contributed by atoms with Crippen molar-refractivity contribution < 1.29 is 9.53 Å². The lowest BCUT2D eigenvalue weighted by Crippen LogP contribution is -2.39. The van der Waals surface area contributed by atoms with Crippen molar-refractivity contribution in [3.05, 3.63) is 21.9 Å². The van der Waals surface area contributed by atoms with Gasteiger partial charge in [-0.05, 0) is 20.8 Å². The molecular formula is C11H17N3O3. The molecule has 2 N–H and O–H groups in total. The van der Waals surface area contributed by atoms with Crippen LogP contribution in [0.5, 0.6) is 0 Å². The third-order valence-electron chi connectivity index (χ3n) is 2.53. The largest absolute Gasteiger partial charge is 0.444 e. The second-order valence-corrected chi connectivity index (χ2v) is 5.19. The molecule has 0 aromatic carbocycles. The first-order valence-electron chi connectivity index (χ1n) is 5.63. The molecule has 0 fully saturated rings. The van der Waals surface area contributed by atoms with Crippen molar-refractivity contribution in [1.29, 1.82) is 0 Å². The summed E-state index contributed by atoms with van der Waals surface area (Å²) < 4.78 is 5.28. The van der Waals surface area contributed by atoms with E-state index in [-0.39, 0.29) is 11.8 Å². The van der Waals surface area contributed by atoms with E-state index < -0.39 is 5.60 Å². The summed E-state index contributed by atoms with van der Waals surface area (Å²) in [4.78, 5) is 29.9. The van der Waals surface area contributed by atoms with Gasteiger partial charge in [-0.2, -0.15) is 0 Å². The van der Waals surface area contributed by atoms with Crippen LogP contribution in [0, 0.1) is 0 Å². The number of fused-ring (bicyclic) bond motifs is 1. The van der Waals surface area contributed by atoms with Crippen molar-refractivity contribution in [3.8, 4) is 0 Å². The molecule has 1 aliphatic heterocycles. The SMILES string of the molecule is CC(C)(C)OC(=O)N1CCc2[nH]c(=O)[nH]c2C1. The molecule has 0 spiro atoms. The number of hydrogen-bond donors (Lipinski definition) is 2. The number of imidazole rings is 1. The molecule has 6 heteroatoms. The molecule has 2 heterocycles. The quantitative estimate of drug-likeness (QED) is 0.708. The molecule has 94 valence electrons. The van der Waals surface area contributed by atoms with E-state index in [1.807, 2.05) is 20.8 Å². The van der Waals surface area contributed by atoms with Crippen molar-refractivity contribution in [2.45, 2.75) is 39.3 Å². The van der Waals surface area contributed by atoms with Crippen LogP contribution in [0.4, 0.5) is 4.79 Å². The molecule has 2 rings (SSSR count). The highest BCUT2D eigenvalue weighted by Gasteiger charge is 2.26. The van der Waals surface area contributed by atoms with Gasteiger partial charge in [0.15, 0.2) is 0 Å². The molecule has 0 aliphatic carbocycles. The lowest BCUT2D eigenvalue weighted by molar-refractivity contribution is 0.0221. The summed E-state index contributed by atoms with van der Waals surface area (Å²) in [5.41, 5.74) is 0.936. The number of ether oxygens (including phenoxy) is 1. The minimum atomic E-state index is -0.497. The number of carbonyl (C=O) groups is 1. The lowest BCUT2D eigenvalue weighted by atomic mass is 10.1. The predicted molar refractivity (Wildman–Crippen MR) is 61.8 cm³/mol. The number of hydrogen-bond acceptors (Lipinski definition) is 3. The van der Waals surface area contributed by atoms with Crippen LogP contribution >= 0.6 is 0 Å². The van der Waals surface area contributed by atoms with E-state index in [0.29, 0.717) is 19.5 Å². The molecule has 1 aromatic heterocycles. The molecule has 0 unspecified atom stereocenters. The molecule has 0 saturated carbocycles. The Labute approximate surface area is 99.0 Å². The van der Waals surface area contributed by atoms with Crippen molar-refractivity contribution >= 4 is 6.09 Å². The second kappa shape index (κ2) is 3.94. The van der Waals surface area contributed by atoms with Crippen LogP contribution in [0.15, 0.2) is 4.79 Å². The summed E-state index contributed by atoms with van der Waals surface area (Å²) in [6.45, 7) is 6.45. The molecule has 1 amide bonds. The third-order valence-corrected chi connectivity index (χ3v) is 2.53. The van der Waals surface area contributed by atoms with Crippen LogP contribution in [0.25, 0.3) is 0 Å². The minimum Gasteiger partial charge on any atom is -0.444 e. The Morgan fingerprint density at radius 1 is 1.29 bits per heavy atom. The van der Waals surface area contributed by atoms with Gasteiger partial charge in [-0.3, -0.25) is 0 Å². The summed E-state index contributed by atoms with van der Waals surface area (Å²) in [6.07, 6.45) is 0.304. The standard InChI is InChI=1S/C11H17N3O3/c1-11(2,3)17-10(16)14-5-4-7-8(6-14)13-9(15)12-7/h4-6H2,1-3H3,(H2,12,13,15). The molecule has 0 saturated heterocycles. The first kappa shape index (κ1) is 11.8. The Morgan fingerprint density at radius 3 is 2.59 bits per heavy atom. The third kappa shape index (κ3) is 2.69. The van der Waals surface area contributed by atoms with Gasteiger partial charge in [0.25, 0.3) is 0 Å². The van der Waals surface area contributed by atoms with Crippen LogP contribution in [-0.2, 0) is 17.7 Å². The smallest absolute Gasteiger partial charge is 0.410 e. The Morgan fingerprint density at radius 2 is 1.94 bits per heavy atom. The zero-order valence-electron chi connectivity index (χ0n) is 10.3. The number of nitrogens with zero attached hydrogens (tertiary/aromatic N) is 1. The number of aromatic nitrogens is 2. The molecule has 6 nitrogen and oxygen atoms in total. The molecule has 0 bridgehead atoms. The maximum atomic E-state index is 11.8. The van der Waals surface area contributed by atoms with E-state index in [1.165, 1.54) is 0 Å². The average molecular weight is 239 g/mol. The number of carbonyl (C=O) groups excluding carboxylic acids is 1. The van der Waals surface area contributed by atoms with Gasteiger partial charge in [0.1, 0.15) is 5.60 Å². The first-order valence-corrected chi connectivity index (χ1v) is 5.63. The predicted octanol–water partition coefficient (Wildman–Crippen LogP) is 0.996. The number of amides is 1. The van der Waals surface area contributed by atoms with E-state index in [9.17, 15) is 9.59 Å². The summed E-state index contributed by atoms with van der Waals surface area (Å²) >= 11 is 0. The van der Waals surface area contributed by atoms with Gasteiger partial charge in [0.2, 0.25) is 0 Å². The van der Waals surface area contributed by atoms with Crippen molar-refractivity contribution in [1.82, 2.24) is 14.9 Å². The molecule has 17 heavy (non-hydrogen) atoms. The highest BCUT2D eigenvalue weighted by Crippen LogP contribution is 2.17. The number of nitrogens with one attached hydrogen (secondary N) is 2. The van der Waals surface area contributed by atoms with E-state index in [2.05, 4.69) is 9.97 Å². The topological polar surface area (TPSA) is 78.2 Å². The highest BCUT2D eigenvalue weighted by molar-refractivity contribution is 5.68. The monoisotopic (exact) mass is 239 g/mol. The van der Waals surface area contributed by atoms with E-state index in [4.69, 9.17) is 4.74 Å². The van der Waals surface area contributed by atoms with E-state index >= 15 is 0 Å². The fourth-order valence-corrected chi connectivity index (χ4v) is 1.80. The summed E-state index contributed by atoms with van der Waals surface area (Å²) in [5.74, 6) is 0. The molecule has 1 aromatic rings. The normalized spacial score (nSPS) is 15.6. The van der Waals surface area contributed by atoms with Gasteiger partial charge in [0, 0.05) is 18.7 Å². The minimum absolute atomic E-state index is 0.221. The Balaban J connectivity index is 2.07. The Kier molecular flexibility index (Phi) is 2.73. The maximum absolute atomic E-state index is 11.8. The van der Waals surface area contributed by atoms with Gasteiger partial charge in [-0.1, -0.05) is 0 Å². The molecule has 0 atom stereocenters. The fourth-order valence-electron chi connectivity index (χ4n) is 1.80. The van der Waals surface area contributed by atoms with E-state index in [0.717, 1.165) is 11.4 Å². The van der Waals surface area contributed by atoms with Crippen molar-refractivity contribution in [2.24, 2.45) is 0 Å². The van der Waals surface area contributed by atoms with Crippen LogP contribution in [0.2, 0.25) is 0 Å². The van der Waals surface area contributed by atoms with Crippen molar-refractivity contribution in [3.63, 3.8) is 0 Å². The molecular weight excluding hydrogens is 222 g/mol. The molecule has 0 radical (unpaired) electrons. The first-order chi connectivity index (χ1) is 7.85. The highest BCUT2D eigenvalue weighted by atomic mass is 16.6. The van der Waals surface area contributed by atoms with Crippen LogP contribution in [0.1, 0.15) is 32.2 Å². The lowest BCUT2D eigenvalue weighted by Gasteiger charge is -2.29.